The molecule has 0 saturated heterocycles. The number of carboxylic acids is 2. The van der Waals surface area contributed by atoms with Crippen LogP contribution in [0, 0.1) is 11.3 Å². The number of carboxylic acid groups (broad SMARTS) is 2. The lowest BCUT2D eigenvalue weighted by Gasteiger charge is -2.10. The van der Waals surface area contributed by atoms with Crippen molar-refractivity contribution in [3.63, 3.8) is 0 Å². The highest BCUT2D eigenvalue weighted by atomic mass is 16.4. The van der Waals surface area contributed by atoms with Crippen LogP contribution < -0.4 is 0 Å². The van der Waals surface area contributed by atoms with Gasteiger partial charge in [0.2, 0.25) is 0 Å². The van der Waals surface area contributed by atoms with E-state index in [0.29, 0.717) is 12.3 Å². The molecule has 0 aromatic rings. The van der Waals surface area contributed by atoms with Crippen LogP contribution in [0.5, 0.6) is 0 Å². The van der Waals surface area contributed by atoms with Crippen LogP contribution in [0.25, 0.3) is 0 Å². The second-order valence-electron chi connectivity index (χ2n) is 4.87. The Bertz CT molecular complexity index is 274. The van der Waals surface area contributed by atoms with Crippen molar-refractivity contribution >= 4 is 11.9 Å². The lowest BCUT2D eigenvalue weighted by atomic mass is 9.95. The Hall–Kier alpha value is -1.06. The highest BCUT2D eigenvalue weighted by molar-refractivity contribution is 5.78. The molecule has 0 radical (unpaired) electrons. The molecular formula is C12H20O4. The number of rotatable bonds is 8. The highest BCUT2D eigenvalue weighted by Crippen LogP contribution is 2.55. The zero-order chi connectivity index (χ0) is 12.2. The fraction of sp³-hybridized carbons (Fsp3) is 0.833. The van der Waals surface area contributed by atoms with Gasteiger partial charge < -0.3 is 10.2 Å². The van der Waals surface area contributed by atoms with Crippen molar-refractivity contribution in [3.05, 3.63) is 0 Å². The second-order valence-corrected chi connectivity index (χ2v) is 4.87. The summed E-state index contributed by atoms with van der Waals surface area (Å²) in [7, 11) is 0. The third-order valence-corrected chi connectivity index (χ3v) is 3.64. The summed E-state index contributed by atoms with van der Waals surface area (Å²) >= 11 is 0. The summed E-state index contributed by atoms with van der Waals surface area (Å²) < 4.78 is 0. The molecule has 4 nitrogen and oxygen atoms in total. The van der Waals surface area contributed by atoms with Gasteiger partial charge in [0.25, 0.3) is 0 Å². The van der Waals surface area contributed by atoms with Crippen molar-refractivity contribution in [1.29, 1.82) is 0 Å². The van der Waals surface area contributed by atoms with Gasteiger partial charge in [-0.3, -0.25) is 9.59 Å². The summed E-state index contributed by atoms with van der Waals surface area (Å²) in [4.78, 5) is 21.3. The average Bonchev–Trinajstić information content (AvgIpc) is 2.84. The average molecular weight is 228 g/mol. The van der Waals surface area contributed by atoms with Gasteiger partial charge in [-0.05, 0) is 25.2 Å². The van der Waals surface area contributed by atoms with E-state index in [9.17, 15) is 9.59 Å². The predicted octanol–water partition coefficient (Wildman–Crippen LogP) is 2.52. The monoisotopic (exact) mass is 228 g/mol. The highest BCUT2D eigenvalue weighted by Gasteiger charge is 2.56. The van der Waals surface area contributed by atoms with Crippen molar-refractivity contribution in [3.8, 4) is 0 Å². The van der Waals surface area contributed by atoms with Gasteiger partial charge in [-0.15, -0.1) is 0 Å². The lowest BCUT2D eigenvalue weighted by Crippen LogP contribution is -2.16. The fourth-order valence-corrected chi connectivity index (χ4v) is 2.31. The predicted molar refractivity (Wildman–Crippen MR) is 59.2 cm³/mol. The minimum atomic E-state index is -0.752. The summed E-state index contributed by atoms with van der Waals surface area (Å²) in [5.41, 5.74) is -0.452. The Kier molecular flexibility index (Phi) is 4.33. The summed E-state index contributed by atoms with van der Waals surface area (Å²) in [6, 6.07) is 0. The van der Waals surface area contributed by atoms with Crippen LogP contribution in [0.15, 0.2) is 0 Å². The fourth-order valence-electron chi connectivity index (χ4n) is 2.31. The van der Waals surface area contributed by atoms with E-state index in [1.165, 1.54) is 0 Å². The first-order chi connectivity index (χ1) is 7.49. The van der Waals surface area contributed by atoms with Gasteiger partial charge in [-0.1, -0.05) is 26.2 Å². The van der Waals surface area contributed by atoms with Crippen molar-refractivity contribution < 1.29 is 19.8 Å². The summed E-state index contributed by atoms with van der Waals surface area (Å²) in [5, 5.41) is 17.5. The minimum absolute atomic E-state index is 0.223. The molecule has 2 atom stereocenters. The van der Waals surface area contributed by atoms with Gasteiger partial charge in [0.1, 0.15) is 0 Å². The summed E-state index contributed by atoms with van der Waals surface area (Å²) in [6.45, 7) is 1.98. The third-order valence-electron chi connectivity index (χ3n) is 3.64. The van der Waals surface area contributed by atoms with Crippen molar-refractivity contribution in [2.45, 2.75) is 51.9 Å². The molecule has 2 unspecified atom stereocenters. The number of aliphatic carboxylic acids is 2. The Morgan fingerprint density at radius 3 is 2.19 bits per heavy atom. The molecule has 4 heteroatoms. The molecule has 0 amide bonds. The molecule has 1 fully saturated rings. The smallest absolute Gasteiger partial charge is 0.309 e. The molecule has 0 spiro atoms. The van der Waals surface area contributed by atoms with Gasteiger partial charge in [-0.2, -0.15) is 0 Å². The standard InChI is InChI=1S/C12H20O4/c1-9-8-12(9,11(15)16)7-5-3-2-4-6-10(13)14/h9H,2-8H2,1H3,(H,13,14)(H,15,16). The maximum Gasteiger partial charge on any atom is 0.309 e. The molecule has 1 aliphatic rings. The summed E-state index contributed by atoms with van der Waals surface area (Å²) in [6.07, 6.45) is 5.20. The van der Waals surface area contributed by atoms with E-state index in [2.05, 4.69) is 0 Å². The third kappa shape index (κ3) is 3.22. The van der Waals surface area contributed by atoms with Crippen LogP contribution in [0.4, 0.5) is 0 Å². The molecule has 1 aliphatic carbocycles. The zero-order valence-electron chi connectivity index (χ0n) is 9.74. The van der Waals surface area contributed by atoms with Crippen LogP contribution in [0.2, 0.25) is 0 Å². The SMILES string of the molecule is CC1CC1(CCCCCCC(=O)O)C(=O)O. The number of unbranched alkanes of at least 4 members (excludes halogenated alkanes) is 3. The Morgan fingerprint density at radius 1 is 1.19 bits per heavy atom. The first-order valence-electron chi connectivity index (χ1n) is 5.94. The van der Waals surface area contributed by atoms with Crippen molar-refractivity contribution in [2.75, 3.05) is 0 Å². The molecule has 0 aromatic heterocycles. The van der Waals surface area contributed by atoms with Crippen LogP contribution in [0.3, 0.4) is 0 Å². The van der Waals surface area contributed by atoms with Gasteiger partial charge in [-0.25, -0.2) is 0 Å². The van der Waals surface area contributed by atoms with Crippen LogP contribution in [0.1, 0.15) is 51.9 Å². The normalized spacial score (nSPS) is 27.7. The maximum atomic E-state index is 11.0. The molecule has 16 heavy (non-hydrogen) atoms. The van der Waals surface area contributed by atoms with Gasteiger partial charge in [0.05, 0.1) is 5.41 Å². The van der Waals surface area contributed by atoms with E-state index in [1.54, 1.807) is 0 Å². The van der Waals surface area contributed by atoms with Gasteiger partial charge in [0, 0.05) is 6.42 Å². The van der Waals surface area contributed by atoms with Crippen LogP contribution in [-0.4, -0.2) is 22.2 Å². The van der Waals surface area contributed by atoms with E-state index < -0.39 is 17.4 Å². The first-order valence-corrected chi connectivity index (χ1v) is 5.94. The van der Waals surface area contributed by atoms with E-state index in [-0.39, 0.29) is 6.42 Å². The van der Waals surface area contributed by atoms with E-state index in [0.717, 1.165) is 32.1 Å². The largest absolute Gasteiger partial charge is 0.481 e. The van der Waals surface area contributed by atoms with Gasteiger partial charge >= 0.3 is 11.9 Å². The Labute approximate surface area is 95.7 Å². The van der Waals surface area contributed by atoms with E-state index >= 15 is 0 Å². The number of hydrogen-bond donors (Lipinski definition) is 2. The molecule has 0 heterocycles. The molecule has 2 N–H and O–H groups in total. The van der Waals surface area contributed by atoms with Crippen molar-refractivity contribution in [2.24, 2.45) is 11.3 Å². The molecule has 0 aliphatic heterocycles. The van der Waals surface area contributed by atoms with E-state index in [4.69, 9.17) is 10.2 Å². The zero-order valence-corrected chi connectivity index (χ0v) is 9.74. The molecule has 0 bridgehead atoms. The number of carbonyl (C=O) groups is 2. The lowest BCUT2D eigenvalue weighted by molar-refractivity contribution is -0.144. The van der Waals surface area contributed by atoms with Gasteiger partial charge in [0.15, 0.2) is 0 Å². The molecule has 0 aromatic carbocycles. The minimum Gasteiger partial charge on any atom is -0.481 e. The number of hydrogen-bond acceptors (Lipinski definition) is 2. The Balaban J connectivity index is 2.07. The molecule has 1 rings (SSSR count). The van der Waals surface area contributed by atoms with E-state index in [1.807, 2.05) is 6.92 Å². The quantitative estimate of drug-likeness (QED) is 0.626. The second kappa shape index (κ2) is 5.32. The molecular weight excluding hydrogens is 208 g/mol. The maximum absolute atomic E-state index is 11.0. The first kappa shape index (κ1) is 13.0. The van der Waals surface area contributed by atoms with Crippen LogP contribution in [-0.2, 0) is 9.59 Å². The Morgan fingerprint density at radius 2 is 1.75 bits per heavy atom. The topological polar surface area (TPSA) is 74.6 Å². The molecule has 1 saturated carbocycles. The van der Waals surface area contributed by atoms with Crippen LogP contribution >= 0.6 is 0 Å². The molecule has 92 valence electrons. The summed E-state index contributed by atoms with van der Waals surface area (Å²) in [5.74, 6) is -1.10. The van der Waals surface area contributed by atoms with Crippen molar-refractivity contribution in [1.82, 2.24) is 0 Å².